The quantitative estimate of drug-likeness (QED) is 0.616. The molecule has 0 saturated heterocycles. The van der Waals surface area contributed by atoms with E-state index in [2.05, 4.69) is 11.5 Å². The lowest BCUT2D eigenvalue weighted by Crippen LogP contribution is -2.04. The van der Waals surface area contributed by atoms with Gasteiger partial charge in [-0.2, -0.15) is 0 Å². The normalized spacial score (nSPS) is 11.4. The highest BCUT2D eigenvalue weighted by Crippen LogP contribution is 2.30. The number of imidazole rings is 2. The van der Waals surface area contributed by atoms with Crippen molar-refractivity contribution < 1.29 is 9.90 Å². The largest absolute Gasteiger partial charge is 0.481 e. The first kappa shape index (κ1) is 15.4. The zero-order chi connectivity index (χ0) is 17.6. The van der Waals surface area contributed by atoms with Crippen LogP contribution < -0.4 is 0 Å². The van der Waals surface area contributed by atoms with E-state index in [4.69, 9.17) is 4.98 Å². The Labute approximate surface area is 145 Å². The van der Waals surface area contributed by atoms with Gasteiger partial charge in [0.1, 0.15) is 0 Å². The number of hydrogen-bond donors (Lipinski definition) is 1. The predicted molar refractivity (Wildman–Crippen MR) is 97.9 cm³/mol. The first-order valence-electron chi connectivity index (χ1n) is 8.37. The molecule has 0 spiro atoms. The number of aryl methyl sites for hydroxylation is 2. The van der Waals surface area contributed by atoms with E-state index in [1.165, 1.54) is 0 Å². The first-order chi connectivity index (χ1) is 12.1. The third-order valence-electron chi connectivity index (χ3n) is 4.57. The molecule has 4 rings (SSSR count). The zero-order valence-electron chi connectivity index (χ0n) is 14.2. The van der Waals surface area contributed by atoms with Crippen LogP contribution >= 0.6 is 0 Å². The van der Waals surface area contributed by atoms with Gasteiger partial charge in [0, 0.05) is 12.1 Å². The van der Waals surface area contributed by atoms with E-state index < -0.39 is 5.97 Å². The Morgan fingerprint density at radius 3 is 2.40 bits per heavy atom. The molecule has 126 valence electrons. The molecule has 0 atom stereocenters. The minimum Gasteiger partial charge on any atom is -0.481 e. The Balaban J connectivity index is 2.09. The molecule has 25 heavy (non-hydrogen) atoms. The highest BCUT2D eigenvalue weighted by Gasteiger charge is 2.22. The van der Waals surface area contributed by atoms with Crippen LogP contribution in [0.1, 0.15) is 18.2 Å². The number of hydrogen-bond acceptors (Lipinski definition) is 2. The maximum Gasteiger partial charge on any atom is 0.309 e. The molecular formula is C20H19N3O2. The van der Waals surface area contributed by atoms with Crippen molar-refractivity contribution in [3.63, 3.8) is 0 Å². The summed E-state index contributed by atoms with van der Waals surface area (Å²) >= 11 is 0. The summed E-state index contributed by atoms with van der Waals surface area (Å²) in [5.74, 6) is -0.0704. The fourth-order valence-corrected chi connectivity index (χ4v) is 3.42. The summed E-state index contributed by atoms with van der Waals surface area (Å²) in [5.41, 5.74) is 5.62. The lowest BCUT2D eigenvalue weighted by Gasteiger charge is -2.04. The standard InChI is InChI=1S/C20H19N3O2/c1-3-22-15-6-4-5-7-16(15)23-17(12-18(24)25)19(21-20(22)23)14-10-8-13(2)9-11-14/h4-11H,3,12H2,1-2H3,(H,24,25). The van der Waals surface area contributed by atoms with E-state index in [9.17, 15) is 9.90 Å². The molecule has 0 radical (unpaired) electrons. The maximum atomic E-state index is 11.5. The lowest BCUT2D eigenvalue weighted by atomic mass is 10.1. The van der Waals surface area contributed by atoms with E-state index in [0.717, 1.165) is 45.9 Å². The zero-order valence-corrected chi connectivity index (χ0v) is 14.2. The van der Waals surface area contributed by atoms with Crippen LogP contribution in [0.2, 0.25) is 0 Å². The fourth-order valence-electron chi connectivity index (χ4n) is 3.42. The number of carboxylic acids is 1. The van der Waals surface area contributed by atoms with Gasteiger partial charge in [-0.25, -0.2) is 4.98 Å². The van der Waals surface area contributed by atoms with Crippen LogP contribution in [0.4, 0.5) is 0 Å². The first-order valence-corrected chi connectivity index (χ1v) is 8.37. The van der Waals surface area contributed by atoms with Crippen LogP contribution in [-0.2, 0) is 17.8 Å². The van der Waals surface area contributed by atoms with Crippen LogP contribution in [0.3, 0.4) is 0 Å². The van der Waals surface area contributed by atoms with Gasteiger partial charge in [0.25, 0.3) is 0 Å². The Kier molecular flexibility index (Phi) is 3.57. The number of fused-ring (bicyclic) bond motifs is 3. The van der Waals surface area contributed by atoms with Crippen molar-refractivity contribution >= 4 is 22.8 Å². The third-order valence-corrected chi connectivity index (χ3v) is 4.57. The highest BCUT2D eigenvalue weighted by molar-refractivity contribution is 5.85. The Bertz CT molecular complexity index is 1090. The molecule has 0 aliphatic heterocycles. The molecular weight excluding hydrogens is 314 g/mol. The van der Waals surface area contributed by atoms with Crippen LogP contribution in [0, 0.1) is 6.92 Å². The number of benzene rings is 2. The maximum absolute atomic E-state index is 11.5. The van der Waals surface area contributed by atoms with Crippen molar-refractivity contribution in [2.45, 2.75) is 26.8 Å². The second-order valence-electron chi connectivity index (χ2n) is 6.21. The molecule has 0 bridgehead atoms. The molecule has 2 aromatic heterocycles. The average molecular weight is 333 g/mol. The van der Waals surface area contributed by atoms with Gasteiger partial charge >= 0.3 is 5.97 Å². The number of aliphatic carboxylic acids is 1. The average Bonchev–Trinajstić information content (AvgIpc) is 3.10. The van der Waals surface area contributed by atoms with Crippen LogP contribution in [0.5, 0.6) is 0 Å². The van der Waals surface area contributed by atoms with E-state index in [-0.39, 0.29) is 6.42 Å². The summed E-state index contributed by atoms with van der Waals surface area (Å²) in [6.07, 6.45) is -0.0674. The fraction of sp³-hybridized carbons (Fsp3) is 0.200. The molecule has 0 aliphatic rings. The predicted octanol–water partition coefficient (Wildman–Crippen LogP) is 3.91. The summed E-state index contributed by atoms with van der Waals surface area (Å²) in [5, 5.41) is 9.45. The van der Waals surface area contributed by atoms with Crippen molar-refractivity contribution in [2.75, 3.05) is 0 Å². The molecule has 5 nitrogen and oxygen atoms in total. The summed E-state index contributed by atoms with van der Waals surface area (Å²) in [4.78, 5) is 16.3. The van der Waals surface area contributed by atoms with Crippen LogP contribution in [0.15, 0.2) is 48.5 Å². The SMILES string of the molecule is CCn1c2ccccc2n2c(CC(=O)O)c(-c3ccc(C)cc3)nc12. The number of aromatic nitrogens is 3. The van der Waals surface area contributed by atoms with Gasteiger partial charge in [0.05, 0.1) is 28.8 Å². The van der Waals surface area contributed by atoms with Gasteiger partial charge in [-0.05, 0) is 26.0 Å². The summed E-state index contributed by atoms with van der Waals surface area (Å²) < 4.78 is 4.11. The van der Waals surface area contributed by atoms with Gasteiger partial charge in [-0.1, -0.05) is 42.0 Å². The number of rotatable bonds is 4. The van der Waals surface area contributed by atoms with Gasteiger partial charge in [0.2, 0.25) is 5.78 Å². The summed E-state index contributed by atoms with van der Waals surface area (Å²) in [6, 6.07) is 16.1. The monoisotopic (exact) mass is 333 g/mol. The van der Waals surface area contributed by atoms with Gasteiger partial charge in [0.15, 0.2) is 0 Å². The minimum absolute atomic E-state index is 0.0674. The Morgan fingerprint density at radius 2 is 1.76 bits per heavy atom. The number of para-hydroxylation sites is 2. The van der Waals surface area contributed by atoms with Gasteiger partial charge < -0.3 is 9.67 Å². The lowest BCUT2D eigenvalue weighted by molar-refractivity contribution is -0.136. The van der Waals surface area contributed by atoms with Crippen LogP contribution in [0.25, 0.3) is 28.1 Å². The third kappa shape index (κ3) is 2.39. The number of carboxylic acid groups (broad SMARTS) is 1. The molecule has 0 fully saturated rings. The molecule has 0 aliphatic carbocycles. The molecule has 0 unspecified atom stereocenters. The molecule has 5 heteroatoms. The van der Waals surface area contributed by atoms with E-state index in [1.54, 1.807) is 0 Å². The Hall–Kier alpha value is -3.08. The van der Waals surface area contributed by atoms with Gasteiger partial charge in [-0.15, -0.1) is 0 Å². The Morgan fingerprint density at radius 1 is 1.08 bits per heavy atom. The molecule has 0 saturated carbocycles. The molecule has 0 amide bonds. The van der Waals surface area contributed by atoms with Crippen LogP contribution in [-0.4, -0.2) is 25.0 Å². The van der Waals surface area contributed by atoms with Crippen molar-refractivity contribution in [2.24, 2.45) is 0 Å². The molecule has 2 aromatic carbocycles. The topological polar surface area (TPSA) is 59.5 Å². The van der Waals surface area contributed by atoms with Crippen molar-refractivity contribution in [1.29, 1.82) is 0 Å². The second kappa shape index (κ2) is 5.77. The number of carbonyl (C=O) groups is 1. The van der Waals surface area contributed by atoms with E-state index in [1.807, 2.05) is 59.9 Å². The number of nitrogens with zero attached hydrogens (tertiary/aromatic N) is 3. The van der Waals surface area contributed by atoms with Crippen molar-refractivity contribution in [1.82, 2.24) is 14.0 Å². The molecule has 4 aromatic rings. The van der Waals surface area contributed by atoms with E-state index in [0.29, 0.717) is 0 Å². The second-order valence-corrected chi connectivity index (χ2v) is 6.21. The summed E-state index contributed by atoms with van der Waals surface area (Å²) in [7, 11) is 0. The van der Waals surface area contributed by atoms with Gasteiger partial charge in [-0.3, -0.25) is 9.20 Å². The molecule has 2 heterocycles. The summed E-state index contributed by atoms with van der Waals surface area (Å²) in [6.45, 7) is 4.88. The smallest absolute Gasteiger partial charge is 0.309 e. The minimum atomic E-state index is -0.858. The van der Waals surface area contributed by atoms with Crippen molar-refractivity contribution in [3.05, 3.63) is 59.8 Å². The van der Waals surface area contributed by atoms with E-state index >= 15 is 0 Å². The molecule has 1 N–H and O–H groups in total. The highest BCUT2D eigenvalue weighted by atomic mass is 16.4. The van der Waals surface area contributed by atoms with Crippen molar-refractivity contribution in [3.8, 4) is 11.3 Å².